The lowest BCUT2D eigenvalue weighted by molar-refractivity contribution is 0.100. The summed E-state index contributed by atoms with van der Waals surface area (Å²) < 4.78 is 1.86. The summed E-state index contributed by atoms with van der Waals surface area (Å²) in [5.41, 5.74) is 3.90. The summed E-state index contributed by atoms with van der Waals surface area (Å²) in [6.07, 6.45) is 4.85. The van der Waals surface area contributed by atoms with Gasteiger partial charge in [-0.25, -0.2) is 9.97 Å². The zero-order valence-corrected chi connectivity index (χ0v) is 14.5. The van der Waals surface area contributed by atoms with Crippen LogP contribution in [0, 0.1) is 13.8 Å². The Bertz CT molecular complexity index is 903. The fourth-order valence-electron chi connectivity index (χ4n) is 2.78. The van der Waals surface area contributed by atoms with Gasteiger partial charge in [0.2, 0.25) is 0 Å². The van der Waals surface area contributed by atoms with E-state index in [2.05, 4.69) is 15.0 Å². The minimum Gasteiger partial charge on any atom is -0.315 e. The first-order chi connectivity index (χ1) is 11.5. The molecule has 2 aromatic heterocycles. The Labute approximate surface area is 145 Å². The molecule has 0 fully saturated rings. The van der Waals surface area contributed by atoms with Gasteiger partial charge in [0.05, 0.1) is 18.4 Å². The molecule has 0 spiro atoms. The Kier molecular flexibility index (Phi) is 4.44. The van der Waals surface area contributed by atoms with Crippen LogP contribution < -0.4 is 0 Å². The van der Waals surface area contributed by atoms with Crippen molar-refractivity contribution in [3.05, 3.63) is 64.3 Å². The molecule has 122 valence electrons. The largest absolute Gasteiger partial charge is 0.315 e. The highest BCUT2D eigenvalue weighted by Gasteiger charge is 2.20. The van der Waals surface area contributed by atoms with Crippen LogP contribution in [-0.2, 0) is 6.54 Å². The second kappa shape index (κ2) is 6.53. The molecule has 0 unspecified atom stereocenters. The summed E-state index contributed by atoms with van der Waals surface area (Å²) in [4.78, 5) is 25.1. The molecular weight excluding hydrogens is 324 g/mol. The standard InChI is InChI=1S/C18H17ClN4O/c1-11-4-5-15(19)14(8-11)10-23-17(13(3)24)12(2)22-18(23)16-9-20-6-7-21-16/h4-9H,10H2,1-3H3. The summed E-state index contributed by atoms with van der Waals surface area (Å²) in [7, 11) is 0. The van der Waals surface area contributed by atoms with E-state index in [-0.39, 0.29) is 5.78 Å². The minimum absolute atomic E-state index is 0.0427. The summed E-state index contributed by atoms with van der Waals surface area (Å²) in [5, 5.41) is 0.659. The third-order valence-electron chi connectivity index (χ3n) is 3.80. The van der Waals surface area contributed by atoms with Gasteiger partial charge in [0.1, 0.15) is 11.4 Å². The van der Waals surface area contributed by atoms with Crippen molar-refractivity contribution >= 4 is 17.4 Å². The van der Waals surface area contributed by atoms with E-state index in [1.165, 1.54) is 0 Å². The summed E-state index contributed by atoms with van der Waals surface area (Å²) in [6.45, 7) is 5.82. The third kappa shape index (κ3) is 3.08. The van der Waals surface area contributed by atoms with E-state index < -0.39 is 0 Å². The van der Waals surface area contributed by atoms with Crippen molar-refractivity contribution in [2.24, 2.45) is 0 Å². The van der Waals surface area contributed by atoms with Crippen molar-refractivity contribution < 1.29 is 4.79 Å². The predicted molar refractivity (Wildman–Crippen MR) is 93.3 cm³/mol. The SMILES string of the molecule is CC(=O)c1c(C)nc(-c2cnccn2)n1Cc1cc(C)ccc1Cl. The van der Waals surface area contributed by atoms with Crippen LogP contribution in [-0.4, -0.2) is 25.3 Å². The Hall–Kier alpha value is -2.53. The number of carbonyl (C=O) groups excluding carboxylic acids is 1. The molecule has 0 aliphatic heterocycles. The summed E-state index contributed by atoms with van der Waals surface area (Å²) >= 11 is 6.34. The van der Waals surface area contributed by atoms with Gasteiger partial charge < -0.3 is 4.57 Å². The Morgan fingerprint density at radius 1 is 1.25 bits per heavy atom. The van der Waals surface area contributed by atoms with E-state index in [9.17, 15) is 4.79 Å². The van der Waals surface area contributed by atoms with Crippen molar-refractivity contribution in [1.82, 2.24) is 19.5 Å². The van der Waals surface area contributed by atoms with Crippen molar-refractivity contribution in [3.8, 4) is 11.5 Å². The number of Topliss-reactive ketones (excluding diaryl/α,β-unsaturated/α-hetero) is 1. The van der Waals surface area contributed by atoms with E-state index >= 15 is 0 Å². The molecule has 0 atom stereocenters. The molecular formula is C18H17ClN4O. The van der Waals surface area contributed by atoms with Crippen molar-refractivity contribution in [1.29, 1.82) is 0 Å². The number of imidazole rings is 1. The highest BCUT2D eigenvalue weighted by Crippen LogP contribution is 2.25. The molecule has 0 N–H and O–H groups in total. The number of rotatable bonds is 4. The minimum atomic E-state index is -0.0427. The topological polar surface area (TPSA) is 60.7 Å². The number of nitrogens with zero attached hydrogens (tertiary/aromatic N) is 4. The monoisotopic (exact) mass is 340 g/mol. The maximum Gasteiger partial charge on any atom is 0.178 e. The van der Waals surface area contributed by atoms with Crippen LogP contribution in [0.1, 0.15) is 34.2 Å². The molecule has 0 amide bonds. The second-order valence-electron chi connectivity index (χ2n) is 5.70. The first kappa shape index (κ1) is 16.3. The molecule has 5 nitrogen and oxygen atoms in total. The number of hydrogen-bond donors (Lipinski definition) is 0. The van der Waals surface area contributed by atoms with Gasteiger partial charge in [0.25, 0.3) is 0 Å². The zero-order chi connectivity index (χ0) is 17.3. The van der Waals surface area contributed by atoms with Crippen LogP contribution in [0.2, 0.25) is 5.02 Å². The highest BCUT2D eigenvalue weighted by molar-refractivity contribution is 6.31. The normalized spacial score (nSPS) is 10.8. The number of aryl methyl sites for hydroxylation is 2. The van der Waals surface area contributed by atoms with Crippen LogP contribution in [0.25, 0.3) is 11.5 Å². The third-order valence-corrected chi connectivity index (χ3v) is 4.17. The van der Waals surface area contributed by atoms with Crippen LogP contribution in [0.3, 0.4) is 0 Å². The molecule has 1 aromatic carbocycles. The van der Waals surface area contributed by atoms with Gasteiger partial charge in [0.15, 0.2) is 11.6 Å². The number of carbonyl (C=O) groups is 1. The van der Waals surface area contributed by atoms with E-state index in [0.717, 1.165) is 11.1 Å². The van der Waals surface area contributed by atoms with Gasteiger partial charge in [-0.05, 0) is 25.5 Å². The van der Waals surface area contributed by atoms with Crippen LogP contribution in [0.4, 0.5) is 0 Å². The lowest BCUT2D eigenvalue weighted by Gasteiger charge is -2.12. The van der Waals surface area contributed by atoms with Crippen molar-refractivity contribution in [2.45, 2.75) is 27.3 Å². The molecule has 6 heteroatoms. The summed E-state index contributed by atoms with van der Waals surface area (Å²) in [6, 6.07) is 5.84. The van der Waals surface area contributed by atoms with E-state index in [1.54, 1.807) is 25.5 Å². The molecule has 3 rings (SSSR count). The number of hydrogen-bond acceptors (Lipinski definition) is 4. The number of benzene rings is 1. The predicted octanol–water partition coefficient (Wildman–Crippen LogP) is 3.86. The highest BCUT2D eigenvalue weighted by atomic mass is 35.5. The van der Waals surface area contributed by atoms with Crippen molar-refractivity contribution in [2.75, 3.05) is 0 Å². The number of ketones is 1. The van der Waals surface area contributed by atoms with Gasteiger partial charge in [-0.3, -0.25) is 9.78 Å². The second-order valence-corrected chi connectivity index (χ2v) is 6.10. The number of halogens is 1. The van der Waals surface area contributed by atoms with Gasteiger partial charge in [-0.2, -0.15) is 0 Å². The van der Waals surface area contributed by atoms with Gasteiger partial charge >= 0.3 is 0 Å². The molecule has 0 radical (unpaired) electrons. The zero-order valence-electron chi connectivity index (χ0n) is 13.7. The molecule has 0 saturated carbocycles. The molecule has 24 heavy (non-hydrogen) atoms. The van der Waals surface area contributed by atoms with Gasteiger partial charge in [-0.1, -0.05) is 29.3 Å². The van der Waals surface area contributed by atoms with Gasteiger partial charge in [0, 0.05) is 24.3 Å². The molecule has 3 aromatic rings. The molecule has 0 aliphatic carbocycles. The Balaban J connectivity index is 2.18. The molecule has 0 aliphatic rings. The van der Waals surface area contributed by atoms with Gasteiger partial charge in [-0.15, -0.1) is 0 Å². The maximum absolute atomic E-state index is 12.1. The smallest absolute Gasteiger partial charge is 0.178 e. The Morgan fingerprint density at radius 3 is 2.71 bits per heavy atom. The lowest BCUT2D eigenvalue weighted by atomic mass is 10.1. The van der Waals surface area contributed by atoms with E-state index in [0.29, 0.717) is 34.5 Å². The lowest BCUT2D eigenvalue weighted by Crippen LogP contribution is -2.11. The maximum atomic E-state index is 12.1. The van der Waals surface area contributed by atoms with Crippen LogP contribution in [0.5, 0.6) is 0 Å². The van der Waals surface area contributed by atoms with Crippen LogP contribution in [0.15, 0.2) is 36.8 Å². The fourth-order valence-corrected chi connectivity index (χ4v) is 2.95. The molecule has 0 saturated heterocycles. The number of aromatic nitrogens is 4. The van der Waals surface area contributed by atoms with E-state index in [1.807, 2.05) is 36.6 Å². The molecule has 0 bridgehead atoms. The van der Waals surface area contributed by atoms with Crippen LogP contribution >= 0.6 is 11.6 Å². The van der Waals surface area contributed by atoms with Crippen molar-refractivity contribution in [3.63, 3.8) is 0 Å². The average molecular weight is 341 g/mol. The Morgan fingerprint density at radius 2 is 2.04 bits per heavy atom. The molecule has 2 heterocycles. The summed E-state index contributed by atoms with van der Waals surface area (Å²) in [5.74, 6) is 0.572. The average Bonchev–Trinajstić information content (AvgIpc) is 2.88. The first-order valence-corrected chi connectivity index (χ1v) is 7.94. The fraction of sp³-hybridized carbons (Fsp3) is 0.222. The quantitative estimate of drug-likeness (QED) is 0.676. The van der Waals surface area contributed by atoms with E-state index in [4.69, 9.17) is 11.6 Å². The first-order valence-electron chi connectivity index (χ1n) is 7.57.